The summed E-state index contributed by atoms with van der Waals surface area (Å²) in [4.78, 5) is 15.1. The Morgan fingerprint density at radius 2 is 1.76 bits per heavy atom. The van der Waals surface area contributed by atoms with Crippen molar-refractivity contribution in [2.45, 2.75) is 17.5 Å². The van der Waals surface area contributed by atoms with E-state index in [4.69, 9.17) is 0 Å². The van der Waals surface area contributed by atoms with E-state index in [1.54, 1.807) is 30.6 Å². The van der Waals surface area contributed by atoms with Crippen LogP contribution in [0, 0.1) is 10.1 Å². The number of nitro benzene ring substituents is 1. The monoisotopic (exact) mass is 403 g/mol. The molecule has 4 aromatic rings. The van der Waals surface area contributed by atoms with Crippen molar-refractivity contribution < 1.29 is 4.92 Å². The van der Waals surface area contributed by atoms with Gasteiger partial charge in [-0.3, -0.25) is 19.7 Å². The average molecular weight is 403 g/mol. The quantitative estimate of drug-likeness (QED) is 0.255. The van der Waals surface area contributed by atoms with Crippen molar-refractivity contribution in [1.29, 1.82) is 0 Å². The summed E-state index contributed by atoms with van der Waals surface area (Å²) in [5.74, 6) is 1.14. The number of thioether (sulfide) groups is 1. The molecule has 0 N–H and O–H groups in total. The largest absolute Gasteiger partial charge is 0.297 e. The lowest BCUT2D eigenvalue weighted by Crippen LogP contribution is -2.04. The minimum atomic E-state index is -0.356. The van der Waals surface area contributed by atoms with Crippen molar-refractivity contribution in [1.82, 2.24) is 19.7 Å². The number of hydrogen-bond acceptors (Lipinski definition) is 6. The number of hydrogen-bond donors (Lipinski definition) is 0. The third kappa shape index (κ3) is 4.33. The number of aromatic nitrogens is 4. The van der Waals surface area contributed by atoms with Gasteiger partial charge in [0.05, 0.1) is 11.5 Å². The lowest BCUT2D eigenvalue weighted by atomic mass is 10.2. The van der Waals surface area contributed by atoms with Crippen molar-refractivity contribution in [2.75, 3.05) is 0 Å². The van der Waals surface area contributed by atoms with Gasteiger partial charge >= 0.3 is 0 Å². The van der Waals surface area contributed by atoms with Gasteiger partial charge in [-0.25, -0.2) is 0 Å². The van der Waals surface area contributed by atoms with E-state index in [1.807, 2.05) is 47.0 Å². The lowest BCUT2D eigenvalue weighted by Gasteiger charge is -2.10. The Labute approximate surface area is 171 Å². The second-order valence-corrected chi connectivity index (χ2v) is 7.24. The number of para-hydroxylation sites is 1. The minimum absolute atomic E-state index is 0.113. The zero-order chi connectivity index (χ0) is 20.1. The highest BCUT2D eigenvalue weighted by atomic mass is 32.2. The first-order valence-corrected chi connectivity index (χ1v) is 9.93. The normalized spacial score (nSPS) is 10.8. The molecule has 0 aliphatic rings. The fourth-order valence-corrected chi connectivity index (χ4v) is 3.90. The molecule has 8 heteroatoms. The van der Waals surface area contributed by atoms with Crippen LogP contribution < -0.4 is 0 Å². The lowest BCUT2D eigenvalue weighted by molar-refractivity contribution is -0.385. The summed E-state index contributed by atoms with van der Waals surface area (Å²) in [5, 5.41) is 20.7. The Morgan fingerprint density at radius 1 is 0.966 bits per heavy atom. The molecule has 0 unspecified atom stereocenters. The molecule has 7 nitrogen and oxygen atoms in total. The average Bonchev–Trinajstić information content (AvgIpc) is 3.16. The first kappa shape index (κ1) is 18.8. The van der Waals surface area contributed by atoms with Crippen LogP contribution in [0.15, 0.2) is 84.3 Å². The van der Waals surface area contributed by atoms with Crippen LogP contribution in [0.1, 0.15) is 11.1 Å². The Bertz CT molecular complexity index is 1120. The van der Waals surface area contributed by atoms with E-state index in [2.05, 4.69) is 15.2 Å². The molecule has 2 aromatic heterocycles. The van der Waals surface area contributed by atoms with Gasteiger partial charge in [0, 0.05) is 35.3 Å². The summed E-state index contributed by atoms with van der Waals surface area (Å²) in [7, 11) is 0. The molecule has 0 saturated carbocycles. The summed E-state index contributed by atoms with van der Waals surface area (Å²) >= 11 is 1.43. The van der Waals surface area contributed by atoms with Gasteiger partial charge < -0.3 is 0 Å². The van der Waals surface area contributed by atoms with Crippen LogP contribution in [-0.2, 0) is 12.3 Å². The Morgan fingerprint density at radius 3 is 2.52 bits per heavy atom. The maximum Gasteiger partial charge on any atom is 0.273 e. The molecule has 0 saturated heterocycles. The maximum absolute atomic E-state index is 11.3. The van der Waals surface area contributed by atoms with Gasteiger partial charge in [-0.2, -0.15) is 0 Å². The van der Waals surface area contributed by atoms with Gasteiger partial charge in [0.1, 0.15) is 0 Å². The molecular weight excluding hydrogens is 386 g/mol. The SMILES string of the molecule is O=[N+]([O-])c1ccccc1CSc1nnc(-c2cccnc2)n1Cc1ccccc1. The molecule has 0 bridgehead atoms. The van der Waals surface area contributed by atoms with Crippen LogP contribution >= 0.6 is 11.8 Å². The Hall–Kier alpha value is -3.52. The topological polar surface area (TPSA) is 86.7 Å². The number of nitro groups is 1. The summed E-state index contributed by atoms with van der Waals surface area (Å²) < 4.78 is 2.02. The van der Waals surface area contributed by atoms with Crippen molar-refractivity contribution >= 4 is 17.4 Å². The van der Waals surface area contributed by atoms with Gasteiger partial charge in [0.15, 0.2) is 11.0 Å². The number of nitrogens with zero attached hydrogens (tertiary/aromatic N) is 5. The van der Waals surface area contributed by atoms with Crippen molar-refractivity contribution in [3.8, 4) is 11.4 Å². The predicted molar refractivity (Wildman–Crippen MR) is 111 cm³/mol. The van der Waals surface area contributed by atoms with Crippen molar-refractivity contribution in [2.24, 2.45) is 0 Å². The van der Waals surface area contributed by atoms with E-state index in [0.29, 0.717) is 28.8 Å². The molecule has 144 valence electrons. The molecular formula is C21H17N5O2S. The predicted octanol–water partition coefficient (Wildman–Crippen LogP) is 4.59. The molecule has 0 fully saturated rings. The van der Waals surface area contributed by atoms with Gasteiger partial charge in [-0.15, -0.1) is 10.2 Å². The second kappa shape index (κ2) is 8.66. The summed E-state index contributed by atoms with van der Waals surface area (Å²) in [6.07, 6.45) is 3.47. The molecule has 0 aliphatic carbocycles. The highest BCUT2D eigenvalue weighted by Crippen LogP contribution is 2.30. The highest BCUT2D eigenvalue weighted by Gasteiger charge is 2.18. The number of benzene rings is 2. The minimum Gasteiger partial charge on any atom is -0.297 e. The molecule has 0 atom stereocenters. The molecule has 29 heavy (non-hydrogen) atoms. The van der Waals surface area contributed by atoms with Crippen LogP contribution in [0.25, 0.3) is 11.4 Å². The Kier molecular flexibility index (Phi) is 5.62. The number of pyridine rings is 1. The molecule has 4 rings (SSSR count). The first-order valence-electron chi connectivity index (χ1n) is 8.95. The van der Waals surface area contributed by atoms with Gasteiger partial charge in [0.25, 0.3) is 5.69 Å². The van der Waals surface area contributed by atoms with E-state index in [0.717, 1.165) is 11.1 Å². The zero-order valence-electron chi connectivity index (χ0n) is 15.4. The van der Waals surface area contributed by atoms with E-state index in [9.17, 15) is 10.1 Å². The van der Waals surface area contributed by atoms with Crippen LogP contribution in [0.5, 0.6) is 0 Å². The summed E-state index contributed by atoms with van der Waals surface area (Å²) in [6, 6.07) is 20.6. The van der Waals surface area contributed by atoms with Crippen LogP contribution in [0.3, 0.4) is 0 Å². The van der Waals surface area contributed by atoms with Gasteiger partial charge in [-0.1, -0.05) is 60.3 Å². The Balaban J connectivity index is 1.66. The standard InChI is InChI=1S/C21H17N5O2S/c27-26(28)19-11-5-4-9-18(19)15-29-21-24-23-20(17-10-6-12-22-13-17)25(21)14-16-7-2-1-3-8-16/h1-13H,14-15H2. The number of rotatable bonds is 7. The van der Waals surface area contributed by atoms with Crippen LogP contribution in [0.4, 0.5) is 5.69 Å². The first-order chi connectivity index (χ1) is 14.2. The molecule has 2 heterocycles. The second-order valence-electron chi connectivity index (χ2n) is 6.29. The van der Waals surface area contributed by atoms with Gasteiger partial charge in [-0.05, 0) is 17.7 Å². The smallest absolute Gasteiger partial charge is 0.273 e. The van der Waals surface area contributed by atoms with Crippen molar-refractivity contribution in [3.63, 3.8) is 0 Å². The molecule has 0 aliphatic heterocycles. The third-order valence-electron chi connectivity index (χ3n) is 4.37. The third-order valence-corrected chi connectivity index (χ3v) is 5.38. The molecule has 0 radical (unpaired) electrons. The fourth-order valence-electron chi connectivity index (χ4n) is 2.97. The summed E-state index contributed by atoms with van der Waals surface area (Å²) in [6.45, 7) is 0.595. The van der Waals surface area contributed by atoms with E-state index >= 15 is 0 Å². The van der Waals surface area contributed by atoms with Crippen LogP contribution in [0.2, 0.25) is 0 Å². The van der Waals surface area contributed by atoms with E-state index in [-0.39, 0.29) is 10.6 Å². The van der Waals surface area contributed by atoms with Gasteiger partial charge in [0.2, 0.25) is 0 Å². The summed E-state index contributed by atoms with van der Waals surface area (Å²) in [5.41, 5.74) is 2.75. The fraction of sp³-hybridized carbons (Fsp3) is 0.0952. The molecule has 2 aromatic carbocycles. The van der Waals surface area contributed by atoms with E-state index in [1.165, 1.54) is 17.8 Å². The zero-order valence-corrected chi connectivity index (χ0v) is 16.2. The highest BCUT2D eigenvalue weighted by molar-refractivity contribution is 7.98. The van der Waals surface area contributed by atoms with Crippen molar-refractivity contribution in [3.05, 3.63) is 100 Å². The maximum atomic E-state index is 11.3. The molecule has 0 spiro atoms. The van der Waals surface area contributed by atoms with Crippen LogP contribution in [-0.4, -0.2) is 24.7 Å². The van der Waals surface area contributed by atoms with E-state index < -0.39 is 0 Å². The molecule has 0 amide bonds.